The molecule has 0 fully saturated rings. The van der Waals surface area contributed by atoms with Crippen molar-refractivity contribution < 1.29 is 33.7 Å². The Morgan fingerprint density at radius 3 is 2.29 bits per heavy atom. The summed E-state index contributed by atoms with van der Waals surface area (Å²) in [7, 11) is 1.30. The van der Waals surface area contributed by atoms with Crippen molar-refractivity contribution in [1.82, 2.24) is 0 Å². The van der Waals surface area contributed by atoms with Crippen LogP contribution in [0.25, 0.3) is 0 Å². The summed E-state index contributed by atoms with van der Waals surface area (Å²) in [5, 5.41) is 9.67. The summed E-state index contributed by atoms with van der Waals surface area (Å²) in [6.45, 7) is 2.17. The second kappa shape index (κ2) is 10.1. The molecule has 0 aliphatic rings. The van der Waals surface area contributed by atoms with Crippen LogP contribution in [0.5, 0.6) is 11.5 Å². The minimum Gasteiger partial charge on any atom is -0.504 e. The van der Waals surface area contributed by atoms with Gasteiger partial charge in [-0.15, -0.1) is 0 Å². The molecule has 0 heterocycles. The first-order chi connectivity index (χ1) is 13.4. The van der Waals surface area contributed by atoms with Crippen LogP contribution in [0.2, 0.25) is 0 Å². The van der Waals surface area contributed by atoms with Crippen LogP contribution >= 0.6 is 0 Å². The molecule has 0 bridgehead atoms. The summed E-state index contributed by atoms with van der Waals surface area (Å²) in [4.78, 5) is 35.5. The normalized spacial score (nSPS) is 10.2. The number of carbonyl (C=O) groups is 3. The number of ketones is 1. The number of ether oxygens (including phenoxy) is 3. The summed E-state index contributed by atoms with van der Waals surface area (Å²) in [5.41, 5.74) is 1.48. The smallest absolute Gasteiger partial charge is 0.337 e. The van der Waals surface area contributed by atoms with Crippen LogP contribution in [0.4, 0.5) is 0 Å². The monoisotopic (exact) mass is 386 g/mol. The molecule has 0 amide bonds. The quantitative estimate of drug-likeness (QED) is 0.521. The summed E-state index contributed by atoms with van der Waals surface area (Å²) < 4.78 is 15.0. The first-order valence-electron chi connectivity index (χ1n) is 8.76. The standard InChI is InChI=1S/C21H22O7/c1-3-27-19-12-16(8-9-18(19)23)17(22)10-11-20(24)28-13-14-4-6-15(7-5-14)21(25)26-2/h4-9,12,23H,3,10-11,13H2,1-2H3. The lowest BCUT2D eigenvalue weighted by Crippen LogP contribution is -2.09. The highest BCUT2D eigenvalue weighted by Crippen LogP contribution is 2.27. The fourth-order valence-corrected chi connectivity index (χ4v) is 2.41. The molecular formula is C21H22O7. The second-order valence-electron chi connectivity index (χ2n) is 5.89. The maximum Gasteiger partial charge on any atom is 0.337 e. The van der Waals surface area contributed by atoms with Crippen molar-refractivity contribution in [2.45, 2.75) is 26.4 Å². The lowest BCUT2D eigenvalue weighted by molar-refractivity contribution is -0.144. The van der Waals surface area contributed by atoms with Crippen LogP contribution in [-0.4, -0.2) is 36.5 Å². The molecule has 7 heteroatoms. The minimum absolute atomic E-state index is 0.0174. The lowest BCUT2D eigenvalue weighted by atomic mass is 10.1. The summed E-state index contributed by atoms with van der Waals surface area (Å²) in [6.07, 6.45) is -0.0830. The van der Waals surface area contributed by atoms with E-state index in [4.69, 9.17) is 9.47 Å². The lowest BCUT2D eigenvalue weighted by Gasteiger charge is -2.08. The van der Waals surface area contributed by atoms with Crippen LogP contribution in [-0.2, 0) is 20.9 Å². The van der Waals surface area contributed by atoms with Crippen LogP contribution < -0.4 is 4.74 Å². The molecule has 2 rings (SSSR count). The molecule has 1 N–H and O–H groups in total. The van der Waals surface area contributed by atoms with Gasteiger partial charge in [0.1, 0.15) is 6.61 Å². The number of esters is 2. The van der Waals surface area contributed by atoms with E-state index in [9.17, 15) is 19.5 Å². The number of methoxy groups -OCH3 is 1. The Hall–Kier alpha value is -3.35. The first kappa shape index (κ1) is 21.0. The zero-order valence-corrected chi connectivity index (χ0v) is 15.8. The van der Waals surface area contributed by atoms with Crippen molar-refractivity contribution in [2.75, 3.05) is 13.7 Å². The maximum absolute atomic E-state index is 12.2. The van der Waals surface area contributed by atoms with Crippen molar-refractivity contribution in [1.29, 1.82) is 0 Å². The van der Waals surface area contributed by atoms with E-state index in [-0.39, 0.29) is 36.7 Å². The zero-order chi connectivity index (χ0) is 20.5. The molecule has 28 heavy (non-hydrogen) atoms. The van der Waals surface area contributed by atoms with E-state index in [0.717, 1.165) is 0 Å². The molecule has 2 aromatic carbocycles. The highest BCUT2D eigenvalue weighted by Gasteiger charge is 2.13. The van der Waals surface area contributed by atoms with Crippen molar-refractivity contribution in [3.05, 3.63) is 59.2 Å². The average Bonchev–Trinajstić information content (AvgIpc) is 2.72. The topological polar surface area (TPSA) is 99.1 Å². The van der Waals surface area contributed by atoms with E-state index in [0.29, 0.717) is 23.3 Å². The van der Waals surface area contributed by atoms with E-state index in [1.807, 2.05) is 0 Å². The van der Waals surface area contributed by atoms with Gasteiger partial charge in [0.15, 0.2) is 17.3 Å². The van der Waals surface area contributed by atoms with Gasteiger partial charge in [0.2, 0.25) is 0 Å². The van der Waals surface area contributed by atoms with Gasteiger partial charge >= 0.3 is 11.9 Å². The number of benzene rings is 2. The number of hydrogen-bond donors (Lipinski definition) is 1. The fourth-order valence-electron chi connectivity index (χ4n) is 2.41. The fraction of sp³-hybridized carbons (Fsp3) is 0.286. The summed E-state index contributed by atoms with van der Waals surface area (Å²) >= 11 is 0. The van der Waals surface area contributed by atoms with E-state index >= 15 is 0 Å². The zero-order valence-electron chi connectivity index (χ0n) is 15.8. The van der Waals surface area contributed by atoms with Crippen LogP contribution in [0.15, 0.2) is 42.5 Å². The molecular weight excluding hydrogens is 364 g/mol. The van der Waals surface area contributed by atoms with Gasteiger partial charge in [-0.25, -0.2) is 4.79 Å². The van der Waals surface area contributed by atoms with Gasteiger partial charge in [-0.1, -0.05) is 12.1 Å². The van der Waals surface area contributed by atoms with Crippen LogP contribution in [0.3, 0.4) is 0 Å². The third kappa shape index (κ3) is 5.84. The molecule has 148 valence electrons. The molecule has 0 saturated carbocycles. The number of phenolic OH excluding ortho intramolecular Hbond substituents is 1. The number of aromatic hydroxyl groups is 1. The number of Topliss-reactive ketones (excluding diaryl/α,β-unsaturated/α-hetero) is 1. The molecule has 0 saturated heterocycles. The number of phenols is 1. The van der Waals surface area contributed by atoms with E-state index in [1.54, 1.807) is 31.2 Å². The van der Waals surface area contributed by atoms with Gasteiger partial charge in [0.25, 0.3) is 0 Å². The van der Waals surface area contributed by atoms with Gasteiger partial charge in [-0.2, -0.15) is 0 Å². The Bertz CT molecular complexity index is 840. The van der Waals surface area contributed by atoms with E-state index < -0.39 is 11.9 Å². The van der Waals surface area contributed by atoms with E-state index in [2.05, 4.69) is 4.74 Å². The van der Waals surface area contributed by atoms with Crippen molar-refractivity contribution in [3.63, 3.8) is 0 Å². The second-order valence-corrected chi connectivity index (χ2v) is 5.89. The molecule has 0 spiro atoms. The largest absolute Gasteiger partial charge is 0.504 e. The van der Waals surface area contributed by atoms with Crippen molar-refractivity contribution in [3.8, 4) is 11.5 Å². The third-order valence-corrected chi connectivity index (χ3v) is 3.91. The third-order valence-electron chi connectivity index (χ3n) is 3.91. The van der Waals surface area contributed by atoms with Gasteiger partial charge in [0, 0.05) is 12.0 Å². The Morgan fingerprint density at radius 1 is 0.964 bits per heavy atom. The number of hydrogen-bond acceptors (Lipinski definition) is 7. The van der Waals surface area contributed by atoms with Gasteiger partial charge in [-0.05, 0) is 42.8 Å². The molecule has 0 aromatic heterocycles. The molecule has 0 atom stereocenters. The molecule has 0 aliphatic carbocycles. The molecule has 0 radical (unpaired) electrons. The Balaban J connectivity index is 1.83. The highest BCUT2D eigenvalue weighted by atomic mass is 16.5. The summed E-state index contributed by atoms with van der Waals surface area (Å²) in [5.74, 6) is -1.01. The predicted octanol–water partition coefficient (Wildman–Crippen LogP) is 3.28. The van der Waals surface area contributed by atoms with Crippen molar-refractivity contribution in [2.24, 2.45) is 0 Å². The van der Waals surface area contributed by atoms with Crippen molar-refractivity contribution >= 4 is 17.7 Å². The summed E-state index contributed by atoms with van der Waals surface area (Å²) in [6, 6.07) is 10.8. The minimum atomic E-state index is -0.505. The Morgan fingerprint density at radius 2 is 1.64 bits per heavy atom. The van der Waals surface area contributed by atoms with E-state index in [1.165, 1.54) is 25.3 Å². The molecule has 7 nitrogen and oxygen atoms in total. The van der Waals surface area contributed by atoms with Gasteiger partial charge in [0.05, 0.1) is 25.7 Å². The van der Waals surface area contributed by atoms with Crippen LogP contribution in [0, 0.1) is 0 Å². The average molecular weight is 386 g/mol. The molecule has 0 unspecified atom stereocenters. The Labute approximate surface area is 162 Å². The number of carbonyl (C=O) groups excluding carboxylic acids is 3. The first-order valence-corrected chi connectivity index (χ1v) is 8.76. The van der Waals surface area contributed by atoms with Gasteiger partial charge < -0.3 is 19.3 Å². The van der Waals surface area contributed by atoms with Gasteiger partial charge in [-0.3, -0.25) is 9.59 Å². The van der Waals surface area contributed by atoms with Crippen LogP contribution in [0.1, 0.15) is 46.0 Å². The molecule has 0 aliphatic heterocycles. The SMILES string of the molecule is CCOc1cc(C(=O)CCC(=O)OCc2ccc(C(=O)OC)cc2)ccc1O. The molecule has 2 aromatic rings. The highest BCUT2D eigenvalue weighted by molar-refractivity contribution is 5.98. The predicted molar refractivity (Wildman–Crippen MR) is 100 cm³/mol. The maximum atomic E-state index is 12.2. The number of rotatable bonds is 9. The Kier molecular flexibility index (Phi) is 7.56.